The van der Waals surface area contributed by atoms with Crippen LogP contribution in [0.4, 0.5) is 10.1 Å². The van der Waals surface area contributed by atoms with E-state index < -0.39 is 17.3 Å². The van der Waals surface area contributed by atoms with Crippen molar-refractivity contribution in [1.29, 1.82) is 0 Å². The number of carbonyl (C=O) groups is 1. The topological polar surface area (TPSA) is 59.3 Å². The summed E-state index contributed by atoms with van der Waals surface area (Å²) in [7, 11) is 0. The van der Waals surface area contributed by atoms with Crippen LogP contribution in [-0.4, -0.2) is 5.91 Å². The lowest BCUT2D eigenvalue weighted by molar-refractivity contribution is 0.102. The molecule has 4 nitrogen and oxygen atoms in total. The van der Waals surface area contributed by atoms with E-state index in [1.807, 2.05) is 0 Å². The molecule has 0 aliphatic carbocycles. The molecule has 0 fully saturated rings. The summed E-state index contributed by atoms with van der Waals surface area (Å²) < 4.78 is 18.7. The Hall–Kier alpha value is -2.95. The van der Waals surface area contributed by atoms with Crippen molar-refractivity contribution in [2.45, 2.75) is 6.92 Å². The Kier molecular flexibility index (Phi) is 3.47. The largest absolute Gasteiger partial charge is 0.423 e. The van der Waals surface area contributed by atoms with Crippen LogP contribution in [0.1, 0.15) is 15.9 Å². The Morgan fingerprint density at radius 2 is 1.91 bits per heavy atom. The van der Waals surface area contributed by atoms with E-state index in [0.29, 0.717) is 11.3 Å². The van der Waals surface area contributed by atoms with Gasteiger partial charge in [-0.25, -0.2) is 9.18 Å². The third kappa shape index (κ3) is 2.61. The highest BCUT2D eigenvalue weighted by molar-refractivity contribution is 6.05. The van der Waals surface area contributed by atoms with Gasteiger partial charge in [0.25, 0.3) is 5.91 Å². The first kappa shape index (κ1) is 14.0. The monoisotopic (exact) mass is 297 g/mol. The van der Waals surface area contributed by atoms with E-state index in [2.05, 4.69) is 5.32 Å². The third-order valence-electron chi connectivity index (χ3n) is 3.33. The first-order chi connectivity index (χ1) is 10.5. The van der Waals surface area contributed by atoms with Crippen LogP contribution in [0, 0.1) is 12.7 Å². The van der Waals surface area contributed by atoms with Crippen LogP contribution in [0.3, 0.4) is 0 Å². The minimum atomic E-state index is -0.594. The highest BCUT2D eigenvalue weighted by atomic mass is 19.1. The molecule has 0 saturated carbocycles. The minimum absolute atomic E-state index is 0.0479. The van der Waals surface area contributed by atoms with Crippen molar-refractivity contribution in [3.63, 3.8) is 0 Å². The summed E-state index contributed by atoms with van der Waals surface area (Å²) in [4.78, 5) is 23.5. The number of hydrogen-bond donors (Lipinski definition) is 1. The molecule has 3 aromatic rings. The number of benzene rings is 2. The molecule has 0 bridgehead atoms. The fourth-order valence-electron chi connectivity index (χ4n) is 2.25. The molecule has 0 unspecified atom stereocenters. The van der Waals surface area contributed by atoms with Gasteiger partial charge in [-0.3, -0.25) is 4.79 Å². The predicted molar refractivity (Wildman–Crippen MR) is 81.6 cm³/mol. The molecule has 1 N–H and O–H groups in total. The molecule has 5 heteroatoms. The second kappa shape index (κ2) is 5.44. The van der Waals surface area contributed by atoms with Crippen LogP contribution in [-0.2, 0) is 0 Å². The second-order valence-corrected chi connectivity index (χ2v) is 4.89. The van der Waals surface area contributed by atoms with E-state index in [1.54, 1.807) is 31.2 Å². The summed E-state index contributed by atoms with van der Waals surface area (Å²) in [5.41, 5.74) is 1.08. The normalized spacial score (nSPS) is 10.6. The van der Waals surface area contributed by atoms with Crippen molar-refractivity contribution in [3.8, 4) is 0 Å². The Bertz CT molecular complexity index is 931. The lowest BCUT2D eigenvalue weighted by Crippen LogP contribution is -2.13. The summed E-state index contributed by atoms with van der Waals surface area (Å²) in [5, 5.41) is 3.37. The summed E-state index contributed by atoms with van der Waals surface area (Å²) in [6.45, 7) is 1.80. The zero-order valence-corrected chi connectivity index (χ0v) is 11.7. The van der Waals surface area contributed by atoms with E-state index >= 15 is 0 Å². The first-order valence-corrected chi connectivity index (χ1v) is 6.65. The van der Waals surface area contributed by atoms with E-state index in [9.17, 15) is 14.0 Å². The lowest BCUT2D eigenvalue weighted by Gasteiger charge is -2.07. The molecule has 0 radical (unpaired) electrons. The average molecular weight is 297 g/mol. The zero-order valence-electron chi connectivity index (χ0n) is 11.7. The molecule has 110 valence electrons. The molecular weight excluding hydrogens is 285 g/mol. The zero-order chi connectivity index (χ0) is 15.7. The van der Waals surface area contributed by atoms with Crippen molar-refractivity contribution in [1.82, 2.24) is 0 Å². The fourth-order valence-corrected chi connectivity index (χ4v) is 2.25. The van der Waals surface area contributed by atoms with Gasteiger partial charge in [0.05, 0.1) is 5.56 Å². The van der Waals surface area contributed by atoms with Crippen LogP contribution in [0.15, 0.2) is 57.7 Å². The van der Waals surface area contributed by atoms with Gasteiger partial charge >= 0.3 is 5.63 Å². The number of rotatable bonds is 2. The molecule has 1 aromatic heterocycles. The Balaban J connectivity index is 1.96. The molecule has 2 aromatic carbocycles. The molecular formula is C17H12FNO3. The molecule has 1 heterocycles. The number of amides is 1. The van der Waals surface area contributed by atoms with Crippen molar-refractivity contribution >= 4 is 22.6 Å². The van der Waals surface area contributed by atoms with Crippen molar-refractivity contribution in [3.05, 3.63) is 75.9 Å². The van der Waals surface area contributed by atoms with Gasteiger partial charge in [-0.1, -0.05) is 12.1 Å². The van der Waals surface area contributed by atoms with E-state index in [4.69, 9.17) is 4.42 Å². The number of carbonyl (C=O) groups excluding carboxylic acids is 1. The summed E-state index contributed by atoms with van der Waals surface area (Å²) >= 11 is 0. The van der Waals surface area contributed by atoms with Crippen LogP contribution < -0.4 is 10.9 Å². The summed E-state index contributed by atoms with van der Waals surface area (Å²) in [5.74, 6) is -1.16. The maximum Gasteiger partial charge on any atom is 0.336 e. The highest BCUT2D eigenvalue weighted by Gasteiger charge is 2.11. The molecule has 0 aliphatic rings. The molecule has 1 amide bonds. The Morgan fingerprint density at radius 1 is 1.14 bits per heavy atom. The van der Waals surface area contributed by atoms with Gasteiger partial charge < -0.3 is 9.73 Å². The molecule has 0 saturated heterocycles. The third-order valence-corrected chi connectivity index (χ3v) is 3.33. The van der Waals surface area contributed by atoms with Gasteiger partial charge in [0.1, 0.15) is 11.4 Å². The van der Waals surface area contributed by atoms with E-state index in [0.717, 1.165) is 10.9 Å². The van der Waals surface area contributed by atoms with E-state index in [1.165, 1.54) is 24.3 Å². The van der Waals surface area contributed by atoms with E-state index in [-0.39, 0.29) is 5.56 Å². The van der Waals surface area contributed by atoms with Gasteiger partial charge in [-0.2, -0.15) is 0 Å². The van der Waals surface area contributed by atoms with Gasteiger partial charge in [-0.15, -0.1) is 0 Å². The van der Waals surface area contributed by atoms with Gasteiger partial charge in [0.15, 0.2) is 0 Å². The van der Waals surface area contributed by atoms with Crippen LogP contribution in [0.5, 0.6) is 0 Å². The number of nitrogens with one attached hydrogen (secondary N) is 1. The number of hydrogen-bond acceptors (Lipinski definition) is 3. The van der Waals surface area contributed by atoms with Crippen LogP contribution in [0.25, 0.3) is 11.0 Å². The quantitative estimate of drug-likeness (QED) is 0.737. The van der Waals surface area contributed by atoms with Gasteiger partial charge in [-0.05, 0) is 36.8 Å². The highest BCUT2D eigenvalue weighted by Crippen LogP contribution is 2.21. The lowest BCUT2D eigenvalue weighted by atomic mass is 10.1. The number of halogens is 1. The molecule has 0 spiro atoms. The number of fused-ring (bicyclic) bond motifs is 1. The second-order valence-electron chi connectivity index (χ2n) is 4.89. The smallest absolute Gasteiger partial charge is 0.336 e. The summed E-state index contributed by atoms with van der Waals surface area (Å²) in [6.07, 6.45) is 0. The standard InChI is InChI=1S/C17H12FNO3/c1-10-8-16(20)22-15-9-11(6-7-12(10)15)19-17(21)13-4-2-3-5-14(13)18/h2-9H,1H3,(H,19,21). The maximum absolute atomic E-state index is 13.6. The van der Waals surface area contributed by atoms with Crippen LogP contribution >= 0.6 is 0 Å². The minimum Gasteiger partial charge on any atom is -0.423 e. The molecule has 3 rings (SSSR count). The SMILES string of the molecule is Cc1cc(=O)oc2cc(NC(=O)c3ccccc3F)ccc12. The van der Waals surface area contributed by atoms with Crippen molar-refractivity contribution < 1.29 is 13.6 Å². The fraction of sp³-hybridized carbons (Fsp3) is 0.0588. The first-order valence-electron chi connectivity index (χ1n) is 6.65. The Labute approximate surface area is 125 Å². The van der Waals surface area contributed by atoms with Crippen molar-refractivity contribution in [2.24, 2.45) is 0 Å². The predicted octanol–water partition coefficient (Wildman–Crippen LogP) is 3.49. The summed E-state index contributed by atoms with van der Waals surface area (Å²) in [6, 6.07) is 12.1. The van der Waals surface area contributed by atoms with Crippen molar-refractivity contribution in [2.75, 3.05) is 5.32 Å². The maximum atomic E-state index is 13.6. The number of aryl methyl sites for hydroxylation is 1. The molecule has 0 aliphatic heterocycles. The molecule has 22 heavy (non-hydrogen) atoms. The Morgan fingerprint density at radius 3 is 2.68 bits per heavy atom. The van der Waals surface area contributed by atoms with Gasteiger partial charge in [0, 0.05) is 23.2 Å². The number of anilines is 1. The molecule has 0 atom stereocenters. The van der Waals surface area contributed by atoms with Crippen LogP contribution in [0.2, 0.25) is 0 Å². The van der Waals surface area contributed by atoms with Gasteiger partial charge in [0.2, 0.25) is 0 Å². The average Bonchev–Trinajstić information content (AvgIpc) is 2.47.